The van der Waals surface area contributed by atoms with Crippen LogP contribution in [0, 0.1) is 49.8 Å². The van der Waals surface area contributed by atoms with Gasteiger partial charge in [-0.3, -0.25) is 0 Å². The number of halogens is 6. The molecule has 0 saturated carbocycles. The van der Waals surface area contributed by atoms with Crippen LogP contribution in [0.4, 0.5) is 26.3 Å². The maximum absolute atomic E-state index is 16.7. The van der Waals surface area contributed by atoms with E-state index in [0.717, 1.165) is 56.6 Å². The van der Waals surface area contributed by atoms with E-state index < -0.39 is 58.2 Å². The zero-order valence-corrected chi connectivity index (χ0v) is 50.5. The standard InChI is InChI=1S/C71H58F6O4.2CH3.Zr/c1-40(2)48-34-56(54-30-50(44-19-11-7-12-20-44)28-51(31-54)45-21-13-8-14-22-45)70(78)58(36-48)64-62(38-60(72)66(74)68(64)76)80-42(5)27-43(6)81-63-39-61(73)67(75)69(77)65(63)59-37-49(41(3)4)35-57(71(59)79)55-32-52(46-23-15-9-16-24-46)29-53(33-55)47-25-17-10-18-26-47;;;/h7-26,28-43,78-79H,27H2,1-6H3;2*1H3;/q;2*-1;/p+2/t42-,43+;;;. The summed E-state index contributed by atoms with van der Waals surface area (Å²) >= 11 is 0. The van der Waals surface area contributed by atoms with Crippen molar-refractivity contribution in [3.05, 3.63) is 255 Å². The van der Waals surface area contributed by atoms with Gasteiger partial charge in [0, 0.05) is 62.3 Å². The van der Waals surface area contributed by atoms with E-state index in [2.05, 4.69) is 0 Å². The molecule has 0 fully saturated rings. The second kappa shape index (κ2) is 27.1. The van der Waals surface area contributed by atoms with E-state index >= 15 is 26.3 Å². The molecule has 0 aliphatic carbocycles. The van der Waals surface area contributed by atoms with Gasteiger partial charge in [0.15, 0.2) is 47.1 Å². The van der Waals surface area contributed by atoms with Crippen LogP contribution in [0.15, 0.2) is 194 Å². The van der Waals surface area contributed by atoms with Crippen LogP contribution in [0.5, 0.6) is 23.0 Å². The molecule has 0 unspecified atom stereocenters. The summed E-state index contributed by atoms with van der Waals surface area (Å²) in [6.07, 6.45) is -1.71. The number of aliphatic hydroxyl groups is 2. The van der Waals surface area contributed by atoms with Gasteiger partial charge in [0.1, 0.15) is 29.0 Å². The molecule has 10 aromatic carbocycles. The van der Waals surface area contributed by atoms with E-state index in [-0.39, 0.29) is 93.4 Å². The number of aromatic hydroxyl groups is 4. The van der Waals surface area contributed by atoms with Crippen molar-refractivity contribution in [3.63, 3.8) is 0 Å². The molecule has 428 valence electrons. The molecule has 10 aromatic rings. The summed E-state index contributed by atoms with van der Waals surface area (Å²) < 4.78 is 105. The molecule has 0 aliphatic heterocycles. The number of phenols is 2. The fraction of sp³-hybridized carbons (Fsp3) is 0.151. The maximum Gasteiger partial charge on any atom is 0.269 e. The third kappa shape index (κ3) is 13.3. The second-order valence-electron chi connectivity index (χ2n) is 21.3. The molecule has 4 nitrogen and oxygen atoms in total. The van der Waals surface area contributed by atoms with Crippen molar-refractivity contribution in [2.45, 2.75) is 72.0 Å². The molecule has 11 heteroatoms. The summed E-state index contributed by atoms with van der Waals surface area (Å²) in [5.41, 5.74) is 9.02. The van der Waals surface area contributed by atoms with Crippen molar-refractivity contribution < 1.29 is 72.2 Å². The van der Waals surface area contributed by atoms with Gasteiger partial charge in [-0.05, 0) is 139 Å². The summed E-state index contributed by atoms with van der Waals surface area (Å²) in [6.45, 7) is 11.0. The molecular formula is C73H66F6O4Zr. The summed E-state index contributed by atoms with van der Waals surface area (Å²) in [6, 6.07) is 58.9. The average molecular weight is 1210 g/mol. The van der Waals surface area contributed by atoms with E-state index in [4.69, 9.17) is 9.47 Å². The zero-order valence-electron chi connectivity index (χ0n) is 48.0. The van der Waals surface area contributed by atoms with Crippen LogP contribution in [0.1, 0.15) is 70.9 Å². The van der Waals surface area contributed by atoms with E-state index in [1.165, 1.54) is 0 Å². The summed E-state index contributed by atoms with van der Waals surface area (Å²) in [5, 5.41) is 24.8. The smallest absolute Gasteiger partial charge is 0.269 e. The SMILES string of the molecule is CC(C)c1cc(-c2cc(-c3ccccc3)cc(-c3ccccc3)c2)c(O)c(-c2c([OH+][C@H](C)C[C@H](C)[OH+]c3cc(F)c(F)c(F)c3-c3cc(C(C)C)cc(-c4cc(-c5ccccc5)cc(-c5ccccc5)c4)c3O)cc(F)c(F)c2F)c1.[CH3-].[CH3-].[Zr]. The largest absolute Gasteiger partial charge is 0.580 e. The fourth-order valence-electron chi connectivity index (χ4n) is 10.5. The van der Waals surface area contributed by atoms with Crippen molar-refractivity contribution in [3.8, 4) is 112 Å². The monoisotopic (exact) mass is 1210 g/mol. The molecule has 0 radical (unpaired) electrons. The van der Waals surface area contributed by atoms with E-state index in [1.54, 1.807) is 26.0 Å². The molecule has 0 amide bonds. The minimum Gasteiger partial charge on any atom is -0.580 e. The number of rotatable bonds is 16. The normalized spacial score (nSPS) is 11.8. The van der Waals surface area contributed by atoms with Crippen molar-refractivity contribution in [1.82, 2.24) is 0 Å². The molecule has 84 heavy (non-hydrogen) atoms. The zero-order chi connectivity index (χ0) is 57.2. The fourth-order valence-corrected chi connectivity index (χ4v) is 10.5. The first-order chi connectivity index (χ1) is 38.9. The Balaban J connectivity index is 0.00000337. The molecule has 10 rings (SSSR count). The molecule has 0 saturated heterocycles. The number of phenolic OH excluding ortho intramolecular Hbond substituents is 2. The predicted molar refractivity (Wildman–Crippen MR) is 327 cm³/mol. The Bertz CT molecular complexity index is 3560. The van der Waals surface area contributed by atoms with Crippen molar-refractivity contribution >= 4 is 0 Å². The summed E-state index contributed by atoms with van der Waals surface area (Å²) in [5.74, 6) is -11.4. The van der Waals surface area contributed by atoms with Crippen LogP contribution in [0.2, 0.25) is 0 Å². The molecule has 4 N–H and O–H groups in total. The van der Waals surface area contributed by atoms with Crippen molar-refractivity contribution in [2.75, 3.05) is 0 Å². The predicted octanol–water partition coefficient (Wildman–Crippen LogP) is 20.8. The number of benzene rings is 10. The Labute approximate surface area is 508 Å². The van der Waals surface area contributed by atoms with Gasteiger partial charge >= 0.3 is 0 Å². The third-order valence-corrected chi connectivity index (χ3v) is 14.7. The Morgan fingerprint density at radius 3 is 0.869 bits per heavy atom. The van der Waals surface area contributed by atoms with Crippen LogP contribution in [-0.2, 0) is 26.2 Å². The third-order valence-electron chi connectivity index (χ3n) is 14.7. The first kappa shape index (κ1) is 63.4. The Hall–Kier alpha value is -8.14. The van der Waals surface area contributed by atoms with Crippen LogP contribution in [0.3, 0.4) is 0 Å². The van der Waals surface area contributed by atoms with Gasteiger partial charge in [-0.15, -0.1) is 0 Å². The number of ether oxygens (including phenoxy) is 2. The van der Waals surface area contributed by atoms with E-state index in [9.17, 15) is 10.2 Å². The Kier molecular flexibility index (Phi) is 20.4. The first-order valence-electron chi connectivity index (χ1n) is 27.0. The average Bonchev–Trinajstić information content (AvgIpc) is 2.25. The maximum atomic E-state index is 16.7. The van der Waals surface area contributed by atoms with E-state index in [0.29, 0.717) is 33.4 Å². The van der Waals surface area contributed by atoms with Crippen molar-refractivity contribution in [2.24, 2.45) is 0 Å². The van der Waals surface area contributed by atoms with Gasteiger partial charge in [0.2, 0.25) is 0 Å². The van der Waals surface area contributed by atoms with E-state index in [1.807, 2.05) is 198 Å². The van der Waals surface area contributed by atoms with Crippen LogP contribution in [0.25, 0.3) is 89.0 Å². The summed E-state index contributed by atoms with van der Waals surface area (Å²) in [4.78, 5) is 0. The minimum absolute atomic E-state index is 0. The first-order valence-corrected chi connectivity index (χ1v) is 27.0. The number of hydrogen-bond donors (Lipinski definition) is 2. The van der Waals surface area contributed by atoms with Gasteiger partial charge in [-0.25, -0.2) is 26.3 Å². The van der Waals surface area contributed by atoms with Gasteiger partial charge in [-0.1, -0.05) is 149 Å². The van der Waals surface area contributed by atoms with Gasteiger partial charge in [0.05, 0.1) is 12.1 Å². The van der Waals surface area contributed by atoms with Crippen LogP contribution < -0.4 is 0 Å². The molecule has 0 aliphatic rings. The van der Waals surface area contributed by atoms with Crippen LogP contribution in [-0.4, -0.2) is 31.9 Å². The van der Waals surface area contributed by atoms with Crippen LogP contribution >= 0.6 is 0 Å². The molecule has 0 heterocycles. The summed E-state index contributed by atoms with van der Waals surface area (Å²) in [7, 11) is 0. The topological polar surface area (TPSA) is 66.1 Å². The second-order valence-corrected chi connectivity index (χ2v) is 21.3. The molecule has 0 bridgehead atoms. The number of hydrogen-bond acceptors (Lipinski definition) is 2. The minimum atomic E-state index is -1.75. The van der Waals surface area contributed by atoms with Gasteiger partial charge < -0.3 is 34.5 Å². The Morgan fingerprint density at radius 2 is 0.595 bits per heavy atom. The van der Waals surface area contributed by atoms with Gasteiger partial charge in [-0.2, -0.15) is 0 Å². The molecule has 0 spiro atoms. The quantitative estimate of drug-likeness (QED) is 0.0438. The van der Waals surface area contributed by atoms with Gasteiger partial charge in [0.25, 0.3) is 11.5 Å². The Morgan fingerprint density at radius 1 is 0.333 bits per heavy atom. The van der Waals surface area contributed by atoms with Crippen molar-refractivity contribution in [1.29, 1.82) is 0 Å². The molecular weight excluding hydrogens is 1150 g/mol. The molecule has 2 atom stereocenters. The molecule has 0 aromatic heterocycles.